The molecule has 0 saturated heterocycles. The lowest BCUT2D eigenvalue weighted by Crippen LogP contribution is -2.05. The van der Waals surface area contributed by atoms with E-state index in [-0.39, 0.29) is 6.61 Å². The van der Waals surface area contributed by atoms with Crippen LogP contribution in [0.5, 0.6) is 0 Å². The molecule has 0 unspecified atom stereocenters. The van der Waals surface area contributed by atoms with Gasteiger partial charge < -0.3 is 10.4 Å². The van der Waals surface area contributed by atoms with Crippen LogP contribution in [0.15, 0.2) is 29.6 Å². The zero-order valence-electron chi connectivity index (χ0n) is 15.7. The van der Waals surface area contributed by atoms with Gasteiger partial charge in [-0.15, -0.1) is 11.3 Å². The van der Waals surface area contributed by atoms with Gasteiger partial charge in [0.2, 0.25) is 0 Å². The van der Waals surface area contributed by atoms with E-state index < -0.39 is 0 Å². The van der Waals surface area contributed by atoms with E-state index in [1.54, 1.807) is 11.3 Å². The molecule has 3 aromatic rings. The van der Waals surface area contributed by atoms with Crippen molar-refractivity contribution < 1.29 is 5.11 Å². The molecule has 0 spiro atoms. The Balaban J connectivity index is 1.91. The van der Waals surface area contributed by atoms with Crippen molar-refractivity contribution in [1.29, 1.82) is 0 Å². The molecule has 0 fully saturated rings. The number of aromatic nitrogens is 2. The second-order valence-corrected chi connectivity index (χ2v) is 7.79. The zero-order valence-corrected chi connectivity index (χ0v) is 16.6. The van der Waals surface area contributed by atoms with E-state index in [0.717, 1.165) is 47.7 Å². The number of thiophene rings is 1. The number of aliphatic hydroxyl groups is 1. The number of anilines is 1. The summed E-state index contributed by atoms with van der Waals surface area (Å²) < 4.78 is 0. The lowest BCUT2D eigenvalue weighted by atomic mass is 9.99. The third kappa shape index (κ3) is 4.22. The Labute approximate surface area is 159 Å². The van der Waals surface area contributed by atoms with E-state index in [2.05, 4.69) is 58.8 Å². The summed E-state index contributed by atoms with van der Waals surface area (Å²) in [5.41, 5.74) is 3.75. The quantitative estimate of drug-likeness (QED) is 0.525. The van der Waals surface area contributed by atoms with Crippen molar-refractivity contribution in [3.05, 3.63) is 41.0 Å². The average Bonchev–Trinajstić information content (AvgIpc) is 3.05. The summed E-state index contributed by atoms with van der Waals surface area (Å²) in [6.45, 7) is 7.48. The summed E-state index contributed by atoms with van der Waals surface area (Å²) in [5, 5.41) is 15.7. The topological polar surface area (TPSA) is 58.0 Å². The summed E-state index contributed by atoms with van der Waals surface area (Å²) in [6.07, 6.45) is 2.89. The van der Waals surface area contributed by atoms with Crippen molar-refractivity contribution in [1.82, 2.24) is 9.97 Å². The molecule has 2 heterocycles. The van der Waals surface area contributed by atoms with Gasteiger partial charge in [0, 0.05) is 24.1 Å². The van der Waals surface area contributed by atoms with Gasteiger partial charge in [0.25, 0.3) is 0 Å². The summed E-state index contributed by atoms with van der Waals surface area (Å²) in [7, 11) is 0. The first kappa shape index (κ1) is 18.8. The highest BCUT2D eigenvalue weighted by molar-refractivity contribution is 7.17. The van der Waals surface area contributed by atoms with E-state index in [4.69, 9.17) is 5.11 Å². The molecule has 0 amide bonds. The van der Waals surface area contributed by atoms with Crippen LogP contribution in [0.25, 0.3) is 21.3 Å². The number of fused-ring (bicyclic) bond motifs is 1. The molecule has 0 aliphatic carbocycles. The van der Waals surface area contributed by atoms with E-state index in [9.17, 15) is 0 Å². The third-order valence-corrected chi connectivity index (χ3v) is 5.43. The molecule has 0 radical (unpaired) electrons. The molecule has 0 aliphatic heterocycles. The van der Waals surface area contributed by atoms with Crippen molar-refractivity contribution >= 4 is 27.4 Å². The number of nitrogens with zero attached hydrogens (tertiary/aromatic N) is 2. The van der Waals surface area contributed by atoms with Crippen LogP contribution in [0.2, 0.25) is 0 Å². The molecule has 2 aromatic heterocycles. The zero-order chi connectivity index (χ0) is 18.5. The van der Waals surface area contributed by atoms with Crippen molar-refractivity contribution in [3.8, 4) is 11.1 Å². The van der Waals surface area contributed by atoms with Crippen molar-refractivity contribution in [2.24, 2.45) is 0 Å². The Kier molecular flexibility index (Phi) is 6.22. The number of nitrogens with one attached hydrogen (secondary N) is 1. The Morgan fingerprint density at radius 2 is 1.85 bits per heavy atom. The molecule has 3 rings (SSSR count). The third-order valence-electron chi connectivity index (χ3n) is 4.56. The molecular weight excluding hydrogens is 342 g/mol. The van der Waals surface area contributed by atoms with Crippen LogP contribution in [0, 0.1) is 6.92 Å². The first-order chi connectivity index (χ1) is 12.6. The lowest BCUT2D eigenvalue weighted by Gasteiger charge is -2.10. The first-order valence-corrected chi connectivity index (χ1v) is 10.2. The molecule has 0 bridgehead atoms. The maximum Gasteiger partial charge on any atom is 0.139 e. The minimum Gasteiger partial charge on any atom is -0.396 e. The van der Waals surface area contributed by atoms with Gasteiger partial charge >= 0.3 is 0 Å². The predicted octanol–water partition coefficient (Wildman–Crippen LogP) is 5.36. The van der Waals surface area contributed by atoms with E-state index >= 15 is 0 Å². The van der Waals surface area contributed by atoms with E-state index in [1.165, 1.54) is 16.7 Å². The number of hydrogen-bond donors (Lipinski definition) is 2. The molecule has 1 aromatic carbocycles. The van der Waals surface area contributed by atoms with Gasteiger partial charge in [0.05, 0.1) is 5.39 Å². The van der Waals surface area contributed by atoms with Crippen LogP contribution < -0.4 is 5.32 Å². The fourth-order valence-corrected chi connectivity index (χ4v) is 4.05. The van der Waals surface area contributed by atoms with Crippen molar-refractivity contribution in [2.75, 3.05) is 18.5 Å². The van der Waals surface area contributed by atoms with Crippen LogP contribution in [-0.2, 0) is 0 Å². The van der Waals surface area contributed by atoms with Gasteiger partial charge in [0.15, 0.2) is 0 Å². The minimum atomic E-state index is 0.262. The SMILES string of the molecule is Cc1nc(NCCCCCO)c2c(-c3ccc(C(C)C)cc3)csc2n1. The number of benzene rings is 1. The number of aryl methyl sites for hydroxylation is 1. The molecular formula is C21H27N3OS. The maximum atomic E-state index is 8.91. The fourth-order valence-electron chi connectivity index (χ4n) is 3.06. The highest BCUT2D eigenvalue weighted by Gasteiger charge is 2.14. The van der Waals surface area contributed by atoms with Crippen LogP contribution in [0.4, 0.5) is 5.82 Å². The van der Waals surface area contributed by atoms with Gasteiger partial charge in [-0.2, -0.15) is 0 Å². The van der Waals surface area contributed by atoms with Crippen LogP contribution >= 0.6 is 11.3 Å². The molecule has 4 nitrogen and oxygen atoms in total. The smallest absolute Gasteiger partial charge is 0.139 e. The number of rotatable bonds is 8. The van der Waals surface area contributed by atoms with Crippen molar-refractivity contribution in [3.63, 3.8) is 0 Å². The highest BCUT2D eigenvalue weighted by atomic mass is 32.1. The minimum absolute atomic E-state index is 0.262. The van der Waals surface area contributed by atoms with Gasteiger partial charge in [-0.05, 0) is 43.2 Å². The standard InChI is InChI=1S/C21H27N3OS/c1-14(2)16-7-9-17(10-8-16)18-13-26-21-19(18)20(23-15(3)24-21)22-11-5-4-6-12-25/h7-10,13-14,25H,4-6,11-12H2,1-3H3,(H,22,23,24). The molecule has 2 N–H and O–H groups in total. The van der Waals surface area contributed by atoms with Crippen LogP contribution in [0.1, 0.15) is 50.4 Å². The molecule has 138 valence electrons. The van der Waals surface area contributed by atoms with Gasteiger partial charge in [-0.3, -0.25) is 0 Å². The van der Waals surface area contributed by atoms with Crippen molar-refractivity contribution in [2.45, 2.75) is 46.0 Å². The molecule has 0 aliphatic rings. The molecule has 0 saturated carbocycles. The van der Waals surface area contributed by atoms with Crippen LogP contribution in [0.3, 0.4) is 0 Å². The number of aliphatic hydroxyl groups excluding tert-OH is 1. The lowest BCUT2D eigenvalue weighted by molar-refractivity contribution is 0.283. The fraction of sp³-hybridized carbons (Fsp3) is 0.429. The predicted molar refractivity (Wildman–Crippen MR) is 111 cm³/mol. The Morgan fingerprint density at radius 1 is 1.08 bits per heavy atom. The summed E-state index contributed by atoms with van der Waals surface area (Å²) in [6, 6.07) is 8.81. The second-order valence-electron chi connectivity index (χ2n) is 6.94. The number of hydrogen-bond acceptors (Lipinski definition) is 5. The van der Waals surface area contributed by atoms with E-state index in [0.29, 0.717) is 5.92 Å². The normalized spacial score (nSPS) is 11.4. The summed E-state index contributed by atoms with van der Waals surface area (Å²) in [5.74, 6) is 2.24. The first-order valence-electron chi connectivity index (χ1n) is 9.31. The van der Waals surface area contributed by atoms with Gasteiger partial charge in [-0.1, -0.05) is 38.1 Å². The van der Waals surface area contributed by atoms with Gasteiger partial charge in [0.1, 0.15) is 16.5 Å². The largest absolute Gasteiger partial charge is 0.396 e. The summed E-state index contributed by atoms with van der Waals surface area (Å²) in [4.78, 5) is 10.3. The number of unbranched alkanes of at least 4 members (excludes halogenated alkanes) is 2. The molecule has 5 heteroatoms. The Morgan fingerprint density at radius 3 is 2.54 bits per heavy atom. The van der Waals surface area contributed by atoms with Crippen LogP contribution in [-0.4, -0.2) is 28.2 Å². The Hall–Kier alpha value is -1.98. The summed E-state index contributed by atoms with van der Waals surface area (Å²) >= 11 is 1.67. The Bertz CT molecular complexity index is 856. The molecule has 0 atom stereocenters. The maximum absolute atomic E-state index is 8.91. The van der Waals surface area contributed by atoms with Gasteiger partial charge in [-0.25, -0.2) is 9.97 Å². The average molecular weight is 370 g/mol. The monoisotopic (exact) mass is 369 g/mol. The second kappa shape index (κ2) is 8.60. The van der Waals surface area contributed by atoms with E-state index in [1.807, 2.05) is 6.92 Å². The molecule has 26 heavy (non-hydrogen) atoms. The highest BCUT2D eigenvalue weighted by Crippen LogP contribution is 2.37.